The van der Waals surface area contributed by atoms with Gasteiger partial charge in [-0.15, -0.1) is 0 Å². The molecular weight excluding hydrogens is 500 g/mol. The molecule has 208 valence electrons. The maximum absolute atomic E-state index is 12.1. The Hall–Kier alpha value is -4.24. The maximum Gasteiger partial charge on any atom is 0.303 e. The van der Waals surface area contributed by atoms with Gasteiger partial charge in [-0.1, -0.05) is 0 Å². The molecule has 0 aliphatic carbocycles. The lowest BCUT2D eigenvalue weighted by Crippen LogP contribution is -2.56. The third-order valence-electron chi connectivity index (χ3n) is 4.91. The van der Waals surface area contributed by atoms with Gasteiger partial charge in [-0.25, -0.2) is 0 Å². The highest BCUT2D eigenvalue weighted by Crippen LogP contribution is 2.15. The molecule has 0 rings (SSSR count). The molecule has 16 heteroatoms. The van der Waals surface area contributed by atoms with E-state index in [1.54, 1.807) is 0 Å². The summed E-state index contributed by atoms with van der Waals surface area (Å²) in [5.74, 6) is -7.60. The van der Waals surface area contributed by atoms with Gasteiger partial charge in [0, 0.05) is 57.3 Å². The summed E-state index contributed by atoms with van der Waals surface area (Å²) in [5, 5.41) is 44.8. The van der Waals surface area contributed by atoms with E-state index in [0.29, 0.717) is 0 Å². The second-order valence-corrected chi connectivity index (χ2v) is 8.18. The second kappa shape index (κ2) is 17.2. The van der Waals surface area contributed by atoms with Crippen LogP contribution < -0.4 is 21.3 Å². The summed E-state index contributed by atoms with van der Waals surface area (Å²) in [5.41, 5.74) is -1.34. The minimum Gasteiger partial charge on any atom is -0.481 e. The first-order chi connectivity index (χ1) is 17.2. The third kappa shape index (κ3) is 17.8. The van der Waals surface area contributed by atoms with Crippen molar-refractivity contribution in [2.24, 2.45) is 5.41 Å². The van der Waals surface area contributed by atoms with E-state index < -0.39 is 78.6 Å². The fourth-order valence-corrected chi connectivity index (χ4v) is 2.75. The Bertz CT molecular complexity index is 732. The minimum absolute atomic E-state index is 0.302. The van der Waals surface area contributed by atoms with Gasteiger partial charge < -0.3 is 41.7 Å². The monoisotopic (exact) mass is 532 g/mol. The van der Waals surface area contributed by atoms with Crippen LogP contribution in [0.5, 0.6) is 0 Å². The summed E-state index contributed by atoms with van der Waals surface area (Å²) in [7, 11) is 0. The van der Waals surface area contributed by atoms with Crippen LogP contribution in [0, 0.1) is 5.41 Å². The van der Waals surface area contributed by atoms with Crippen molar-refractivity contribution in [1.82, 2.24) is 21.3 Å². The average Bonchev–Trinajstić information content (AvgIpc) is 2.82. The first kappa shape index (κ1) is 32.8. The van der Waals surface area contributed by atoms with Crippen LogP contribution in [-0.2, 0) is 38.4 Å². The van der Waals surface area contributed by atoms with Crippen LogP contribution in [-0.4, -0.2) is 94.1 Å². The highest BCUT2D eigenvalue weighted by atomic mass is 16.4. The largest absolute Gasteiger partial charge is 0.481 e. The molecule has 0 fully saturated rings. The van der Waals surface area contributed by atoms with Gasteiger partial charge in [0.1, 0.15) is 0 Å². The number of carbonyl (C=O) groups excluding carboxylic acids is 4. The van der Waals surface area contributed by atoms with Crippen molar-refractivity contribution < 1.29 is 58.8 Å². The summed E-state index contributed by atoms with van der Waals surface area (Å²) in [4.78, 5) is 91.3. The van der Waals surface area contributed by atoms with Crippen LogP contribution in [0.1, 0.15) is 51.4 Å². The van der Waals surface area contributed by atoms with Crippen LogP contribution in [0.2, 0.25) is 0 Å². The number of carboxylic acid groups (broad SMARTS) is 4. The van der Waals surface area contributed by atoms with Crippen molar-refractivity contribution in [1.29, 1.82) is 0 Å². The number of aliphatic carboxylic acids is 4. The number of nitrogens with one attached hydrogen (secondary N) is 4. The number of hydrogen-bond donors (Lipinski definition) is 8. The molecule has 0 unspecified atom stereocenters. The van der Waals surface area contributed by atoms with Gasteiger partial charge in [-0.2, -0.15) is 0 Å². The zero-order chi connectivity index (χ0) is 28.4. The second-order valence-electron chi connectivity index (χ2n) is 8.18. The first-order valence-electron chi connectivity index (χ1n) is 11.2. The van der Waals surface area contributed by atoms with Gasteiger partial charge in [0.15, 0.2) is 0 Å². The highest BCUT2D eigenvalue weighted by molar-refractivity contribution is 5.83. The Morgan fingerprint density at radius 2 is 0.568 bits per heavy atom. The van der Waals surface area contributed by atoms with E-state index in [9.17, 15) is 38.4 Å². The van der Waals surface area contributed by atoms with Crippen LogP contribution in [0.3, 0.4) is 0 Å². The number of carbonyl (C=O) groups is 8. The molecule has 0 bridgehead atoms. The van der Waals surface area contributed by atoms with E-state index in [1.807, 2.05) is 0 Å². The Morgan fingerprint density at radius 1 is 0.378 bits per heavy atom. The quantitative estimate of drug-likeness (QED) is 0.0837. The van der Waals surface area contributed by atoms with E-state index in [1.165, 1.54) is 0 Å². The molecule has 0 aliphatic heterocycles. The van der Waals surface area contributed by atoms with Crippen LogP contribution in [0.4, 0.5) is 0 Å². The van der Waals surface area contributed by atoms with Crippen LogP contribution in [0.15, 0.2) is 0 Å². The number of rotatable bonds is 20. The molecule has 0 atom stereocenters. The van der Waals surface area contributed by atoms with E-state index in [0.717, 1.165) is 0 Å². The highest BCUT2D eigenvalue weighted by Gasteiger charge is 2.33. The lowest BCUT2D eigenvalue weighted by Gasteiger charge is -2.35. The Labute approximate surface area is 211 Å². The topological polar surface area (TPSA) is 266 Å². The van der Waals surface area contributed by atoms with Crippen LogP contribution in [0.25, 0.3) is 0 Å². The molecule has 0 aromatic heterocycles. The Balaban J connectivity index is 5.65. The fourth-order valence-electron chi connectivity index (χ4n) is 2.75. The summed E-state index contributed by atoms with van der Waals surface area (Å²) >= 11 is 0. The summed E-state index contributed by atoms with van der Waals surface area (Å²) in [6.45, 7) is -1.21. The molecule has 0 saturated heterocycles. The predicted octanol–water partition coefficient (Wildman–Crippen LogP) is -2.10. The maximum atomic E-state index is 12.1. The standard InChI is InChI=1S/C21H32N4O12/c26-13(1-5-17(30)31)22-9-21(10-23-14(27)2-6-18(32)33,11-24-15(28)3-7-19(34)35)12-25-16(29)4-8-20(36)37/h1-12H2,(H,22,26)(H,23,27)(H,24,28)(H,25,29)(H,30,31)(H,32,33)(H,34,35)(H,36,37). The van der Waals surface area contributed by atoms with Gasteiger partial charge >= 0.3 is 23.9 Å². The molecule has 4 amide bonds. The van der Waals surface area contributed by atoms with Crippen molar-refractivity contribution in [3.63, 3.8) is 0 Å². The molecular formula is C21H32N4O12. The van der Waals surface area contributed by atoms with Gasteiger partial charge in [0.25, 0.3) is 0 Å². The number of carboxylic acids is 4. The van der Waals surface area contributed by atoms with Gasteiger partial charge in [-0.3, -0.25) is 38.4 Å². The first-order valence-corrected chi connectivity index (χ1v) is 11.2. The average molecular weight is 533 g/mol. The van der Waals surface area contributed by atoms with E-state index in [2.05, 4.69) is 21.3 Å². The van der Waals surface area contributed by atoms with Crippen molar-refractivity contribution in [3.05, 3.63) is 0 Å². The van der Waals surface area contributed by atoms with E-state index in [4.69, 9.17) is 20.4 Å². The van der Waals surface area contributed by atoms with Crippen molar-refractivity contribution in [3.8, 4) is 0 Å². The number of hydrogen-bond acceptors (Lipinski definition) is 8. The van der Waals surface area contributed by atoms with Gasteiger partial charge in [-0.05, 0) is 0 Å². The molecule has 8 N–H and O–H groups in total. The van der Waals surface area contributed by atoms with Crippen molar-refractivity contribution in [2.75, 3.05) is 26.2 Å². The third-order valence-corrected chi connectivity index (χ3v) is 4.91. The molecule has 0 aromatic carbocycles. The van der Waals surface area contributed by atoms with Crippen LogP contribution >= 0.6 is 0 Å². The fraction of sp³-hybridized carbons (Fsp3) is 0.619. The zero-order valence-electron chi connectivity index (χ0n) is 20.0. The summed E-state index contributed by atoms with van der Waals surface area (Å²) < 4.78 is 0. The molecule has 0 spiro atoms. The lowest BCUT2D eigenvalue weighted by atomic mass is 9.86. The Morgan fingerprint density at radius 3 is 0.730 bits per heavy atom. The lowest BCUT2D eigenvalue weighted by molar-refractivity contribution is -0.139. The molecule has 0 heterocycles. The van der Waals surface area contributed by atoms with E-state index in [-0.39, 0.29) is 51.9 Å². The van der Waals surface area contributed by atoms with E-state index >= 15 is 0 Å². The normalized spacial score (nSPS) is 10.6. The van der Waals surface area contributed by atoms with Gasteiger partial charge in [0.05, 0.1) is 25.7 Å². The number of amides is 4. The summed E-state index contributed by atoms with van der Waals surface area (Å²) in [6, 6.07) is 0. The minimum atomic E-state index is -1.34. The SMILES string of the molecule is O=C(O)CCC(=O)NCC(CNC(=O)CCC(=O)O)(CNC(=O)CCC(=O)O)CNC(=O)CCC(=O)O. The predicted molar refractivity (Wildman–Crippen MR) is 122 cm³/mol. The zero-order valence-corrected chi connectivity index (χ0v) is 20.0. The molecule has 0 aromatic rings. The molecule has 16 nitrogen and oxygen atoms in total. The summed E-state index contributed by atoms with van der Waals surface area (Å²) in [6.07, 6.45) is -3.41. The smallest absolute Gasteiger partial charge is 0.303 e. The molecule has 37 heavy (non-hydrogen) atoms. The van der Waals surface area contributed by atoms with Gasteiger partial charge in [0.2, 0.25) is 23.6 Å². The van der Waals surface area contributed by atoms with Crippen molar-refractivity contribution >= 4 is 47.5 Å². The molecule has 0 saturated carbocycles. The molecule has 0 aliphatic rings. The Kier molecular flexibility index (Phi) is 15.3. The van der Waals surface area contributed by atoms with Crippen molar-refractivity contribution in [2.45, 2.75) is 51.4 Å². The molecule has 0 radical (unpaired) electrons.